The average Bonchev–Trinajstić information content (AvgIpc) is 2.71. The Morgan fingerprint density at radius 1 is 1.00 bits per heavy atom. The molecule has 0 N–H and O–H groups in total. The van der Waals surface area contributed by atoms with Crippen LogP contribution in [0.2, 0.25) is 0 Å². The highest BCUT2D eigenvalue weighted by molar-refractivity contribution is 5.92. The number of hydrogen-bond acceptors (Lipinski definition) is 6. The molecule has 0 atom stereocenters. The van der Waals surface area contributed by atoms with Crippen molar-refractivity contribution in [2.45, 2.75) is 0 Å². The molecule has 28 heavy (non-hydrogen) atoms. The Kier molecular flexibility index (Phi) is 7.69. The third kappa shape index (κ3) is 5.39. The second kappa shape index (κ2) is 9.98. The fourth-order valence-corrected chi connectivity index (χ4v) is 2.93. The van der Waals surface area contributed by atoms with Crippen LogP contribution in [0.1, 0.15) is 5.56 Å². The van der Waals surface area contributed by atoms with Crippen molar-refractivity contribution in [1.29, 1.82) is 0 Å². The van der Waals surface area contributed by atoms with E-state index >= 15 is 0 Å². The van der Waals surface area contributed by atoms with Crippen LogP contribution < -0.4 is 14.2 Å². The lowest BCUT2D eigenvalue weighted by Gasteiger charge is -2.34. The van der Waals surface area contributed by atoms with Gasteiger partial charge in [0, 0.05) is 46.4 Å². The monoisotopic (exact) mass is 391 g/mol. The summed E-state index contributed by atoms with van der Waals surface area (Å²) < 4.78 is 16.0. The maximum Gasteiger partial charge on any atom is 0.246 e. The predicted octanol–water partition coefficient (Wildman–Crippen LogP) is 0.958. The molecule has 1 saturated heterocycles. The molecule has 1 aliphatic rings. The maximum absolute atomic E-state index is 12.5. The highest BCUT2D eigenvalue weighted by atomic mass is 16.5. The molecule has 2 amide bonds. The van der Waals surface area contributed by atoms with Gasteiger partial charge in [0.1, 0.15) is 0 Å². The topological polar surface area (TPSA) is 71.6 Å². The summed E-state index contributed by atoms with van der Waals surface area (Å²) in [7, 11) is 8.14. The molecule has 1 fully saturated rings. The summed E-state index contributed by atoms with van der Waals surface area (Å²) in [5.74, 6) is 1.59. The normalized spacial score (nSPS) is 14.8. The van der Waals surface area contributed by atoms with Crippen LogP contribution in [0.25, 0.3) is 6.08 Å². The Morgan fingerprint density at radius 3 is 2.04 bits per heavy atom. The zero-order valence-electron chi connectivity index (χ0n) is 17.2. The fourth-order valence-electron chi connectivity index (χ4n) is 2.93. The van der Waals surface area contributed by atoms with Crippen molar-refractivity contribution in [2.75, 3.05) is 68.1 Å². The molecular formula is C20H29N3O5. The number of hydrogen-bond donors (Lipinski definition) is 0. The lowest BCUT2D eigenvalue weighted by molar-refractivity contribution is -0.131. The van der Waals surface area contributed by atoms with Crippen LogP contribution in [0.3, 0.4) is 0 Å². The molecule has 1 heterocycles. The summed E-state index contributed by atoms with van der Waals surface area (Å²) in [5.41, 5.74) is 0.776. The maximum atomic E-state index is 12.5. The van der Waals surface area contributed by atoms with E-state index in [0.29, 0.717) is 50.0 Å². The summed E-state index contributed by atoms with van der Waals surface area (Å²) in [5, 5.41) is 0. The molecule has 1 aliphatic heterocycles. The predicted molar refractivity (Wildman–Crippen MR) is 107 cm³/mol. The van der Waals surface area contributed by atoms with Crippen molar-refractivity contribution in [3.05, 3.63) is 23.8 Å². The second-order valence-electron chi connectivity index (χ2n) is 6.68. The molecular weight excluding hydrogens is 362 g/mol. The number of carbonyl (C=O) groups excluding carboxylic acids is 2. The van der Waals surface area contributed by atoms with E-state index in [-0.39, 0.29) is 11.8 Å². The van der Waals surface area contributed by atoms with E-state index in [9.17, 15) is 9.59 Å². The molecule has 0 saturated carbocycles. The van der Waals surface area contributed by atoms with Crippen LogP contribution in [0.15, 0.2) is 18.2 Å². The molecule has 154 valence electrons. The van der Waals surface area contributed by atoms with E-state index in [0.717, 1.165) is 5.56 Å². The summed E-state index contributed by atoms with van der Waals surface area (Å²) in [4.78, 5) is 29.7. The van der Waals surface area contributed by atoms with E-state index in [4.69, 9.17) is 14.2 Å². The van der Waals surface area contributed by atoms with Gasteiger partial charge in [-0.2, -0.15) is 0 Å². The SMILES string of the molecule is COc1cc(/C=C/C(=O)N2CCN(CC(=O)N(C)C)CC2)cc(OC)c1OC. The number of rotatable bonds is 7. The van der Waals surface area contributed by atoms with Gasteiger partial charge in [-0.15, -0.1) is 0 Å². The van der Waals surface area contributed by atoms with Crippen LogP contribution in [0.5, 0.6) is 17.2 Å². The lowest BCUT2D eigenvalue weighted by Crippen LogP contribution is -2.50. The van der Waals surface area contributed by atoms with Crippen LogP contribution in [-0.2, 0) is 9.59 Å². The molecule has 1 aromatic carbocycles. The van der Waals surface area contributed by atoms with Gasteiger partial charge in [-0.25, -0.2) is 0 Å². The smallest absolute Gasteiger partial charge is 0.246 e. The van der Waals surface area contributed by atoms with E-state index in [1.165, 1.54) is 0 Å². The van der Waals surface area contributed by atoms with E-state index in [2.05, 4.69) is 4.90 Å². The molecule has 0 radical (unpaired) electrons. The van der Waals surface area contributed by atoms with Gasteiger partial charge in [-0.1, -0.05) is 0 Å². The fraction of sp³-hybridized carbons (Fsp3) is 0.500. The number of ether oxygens (including phenoxy) is 3. The van der Waals surface area contributed by atoms with Gasteiger partial charge in [-0.3, -0.25) is 14.5 Å². The highest BCUT2D eigenvalue weighted by Gasteiger charge is 2.21. The second-order valence-corrected chi connectivity index (χ2v) is 6.68. The molecule has 0 aliphatic carbocycles. The summed E-state index contributed by atoms with van der Waals surface area (Å²) >= 11 is 0. The van der Waals surface area contributed by atoms with Crippen molar-refractivity contribution in [3.63, 3.8) is 0 Å². The highest BCUT2D eigenvalue weighted by Crippen LogP contribution is 2.38. The van der Waals surface area contributed by atoms with E-state index < -0.39 is 0 Å². The first kappa shape index (κ1) is 21.6. The van der Waals surface area contributed by atoms with E-state index in [1.807, 2.05) is 0 Å². The number of methoxy groups -OCH3 is 3. The van der Waals surface area contributed by atoms with Crippen LogP contribution in [-0.4, -0.2) is 94.7 Å². The Hall–Kier alpha value is -2.74. The number of amides is 2. The van der Waals surface area contributed by atoms with Gasteiger partial charge in [-0.05, 0) is 23.8 Å². The first-order valence-corrected chi connectivity index (χ1v) is 9.09. The third-order valence-corrected chi connectivity index (χ3v) is 4.65. The van der Waals surface area contributed by atoms with Gasteiger partial charge in [0.25, 0.3) is 0 Å². The Balaban J connectivity index is 1.98. The molecule has 0 aromatic heterocycles. The van der Waals surface area contributed by atoms with Crippen molar-refractivity contribution in [1.82, 2.24) is 14.7 Å². The number of benzene rings is 1. The average molecular weight is 391 g/mol. The first-order chi connectivity index (χ1) is 13.4. The standard InChI is InChI=1S/C20H29N3O5/c1-21(2)19(25)14-22-8-10-23(11-9-22)18(24)7-6-15-12-16(26-3)20(28-5)17(13-15)27-4/h6-7,12-13H,8-11,14H2,1-5H3/b7-6+. The third-order valence-electron chi connectivity index (χ3n) is 4.65. The van der Waals surface area contributed by atoms with Crippen LogP contribution in [0, 0.1) is 0 Å². The number of piperazine rings is 1. The Bertz CT molecular complexity index is 700. The summed E-state index contributed by atoms with van der Waals surface area (Å²) in [6.07, 6.45) is 3.27. The van der Waals surface area contributed by atoms with Crippen LogP contribution >= 0.6 is 0 Å². The first-order valence-electron chi connectivity index (χ1n) is 9.09. The number of nitrogens with zero attached hydrogens (tertiary/aromatic N) is 3. The van der Waals surface area contributed by atoms with E-state index in [1.54, 1.807) is 69.5 Å². The molecule has 0 spiro atoms. The summed E-state index contributed by atoms with van der Waals surface area (Å²) in [6.45, 7) is 2.95. The van der Waals surface area contributed by atoms with Crippen molar-refractivity contribution in [3.8, 4) is 17.2 Å². The number of likely N-dealkylation sites (N-methyl/N-ethyl adjacent to an activating group) is 1. The van der Waals surface area contributed by atoms with Gasteiger partial charge in [0.05, 0.1) is 27.9 Å². The molecule has 2 rings (SSSR count). The largest absolute Gasteiger partial charge is 0.493 e. The van der Waals surface area contributed by atoms with Crippen molar-refractivity contribution in [2.24, 2.45) is 0 Å². The van der Waals surface area contributed by atoms with Gasteiger partial charge >= 0.3 is 0 Å². The Labute approximate surface area is 166 Å². The minimum Gasteiger partial charge on any atom is -0.493 e. The molecule has 0 unspecified atom stereocenters. The van der Waals surface area contributed by atoms with Crippen molar-refractivity contribution >= 4 is 17.9 Å². The summed E-state index contributed by atoms with van der Waals surface area (Å²) in [6, 6.07) is 3.58. The van der Waals surface area contributed by atoms with Crippen LogP contribution in [0.4, 0.5) is 0 Å². The number of carbonyl (C=O) groups is 2. The molecule has 8 nitrogen and oxygen atoms in total. The lowest BCUT2D eigenvalue weighted by atomic mass is 10.1. The van der Waals surface area contributed by atoms with Gasteiger partial charge in [0.2, 0.25) is 17.6 Å². The minimum atomic E-state index is -0.0627. The van der Waals surface area contributed by atoms with Gasteiger partial charge < -0.3 is 24.0 Å². The zero-order chi connectivity index (χ0) is 20.7. The molecule has 1 aromatic rings. The quantitative estimate of drug-likeness (QED) is 0.645. The van der Waals surface area contributed by atoms with Crippen molar-refractivity contribution < 1.29 is 23.8 Å². The molecule has 8 heteroatoms. The van der Waals surface area contributed by atoms with Gasteiger partial charge in [0.15, 0.2) is 11.5 Å². The minimum absolute atomic E-state index is 0.0627. The zero-order valence-corrected chi connectivity index (χ0v) is 17.2. The molecule has 0 bridgehead atoms. The Morgan fingerprint density at radius 2 is 1.57 bits per heavy atom.